The molecule has 1 aliphatic carbocycles. The largest absolute Gasteiger partial charge is 0.326 e. The fraction of sp³-hybridized carbons (Fsp3) is 0.333. The third kappa shape index (κ3) is 2.49. The molecule has 0 radical (unpaired) electrons. The summed E-state index contributed by atoms with van der Waals surface area (Å²) in [6, 6.07) is 10.4. The summed E-state index contributed by atoms with van der Waals surface area (Å²) in [5.74, 6) is 0.318. The number of fused-ring (bicyclic) bond motifs is 1. The number of nitrogens with zero attached hydrogens (tertiary/aromatic N) is 1. The zero-order valence-electron chi connectivity index (χ0n) is 12.6. The number of hydrogen-bond donors (Lipinski definition) is 2. The van der Waals surface area contributed by atoms with Gasteiger partial charge in [0.15, 0.2) is 0 Å². The second-order valence-electron chi connectivity index (χ2n) is 5.89. The number of nitrogens with two attached hydrogens (primary N) is 1. The lowest BCUT2D eigenvalue weighted by molar-refractivity contribution is 0.667. The third-order valence-electron chi connectivity index (χ3n) is 4.33. The quantitative estimate of drug-likeness (QED) is 0.886. The van der Waals surface area contributed by atoms with Crippen LogP contribution in [0, 0.1) is 19.3 Å². The maximum atomic E-state index is 8.42. The van der Waals surface area contributed by atoms with Crippen LogP contribution in [-0.4, -0.2) is 10.7 Å². The van der Waals surface area contributed by atoms with Crippen molar-refractivity contribution >= 4 is 5.71 Å². The van der Waals surface area contributed by atoms with E-state index in [1.54, 1.807) is 0 Å². The van der Waals surface area contributed by atoms with Gasteiger partial charge < -0.3 is 11.1 Å². The van der Waals surface area contributed by atoms with Crippen molar-refractivity contribution in [3.8, 4) is 0 Å². The molecule has 108 valence electrons. The maximum absolute atomic E-state index is 8.42. The monoisotopic (exact) mass is 279 g/mol. The Balaban J connectivity index is 2.04. The molecule has 3 N–H and O–H groups in total. The number of pyridine rings is 1. The summed E-state index contributed by atoms with van der Waals surface area (Å²) >= 11 is 0. The van der Waals surface area contributed by atoms with Crippen LogP contribution in [0.25, 0.3) is 0 Å². The van der Waals surface area contributed by atoms with Crippen molar-refractivity contribution in [2.24, 2.45) is 5.73 Å². The number of rotatable bonds is 2. The van der Waals surface area contributed by atoms with Crippen LogP contribution in [0.5, 0.6) is 0 Å². The standard InChI is InChI=1S/C18H21N3/c1-11-7-12(2)21-17-9-14(8-16(20)18(11)17)15-6-4-3-5-13(15)10-19/h3-7,14,20H,8-10,19H2,1-2H3. The molecule has 0 fully saturated rings. The molecular weight excluding hydrogens is 258 g/mol. The third-order valence-corrected chi connectivity index (χ3v) is 4.33. The van der Waals surface area contributed by atoms with Crippen LogP contribution in [0.3, 0.4) is 0 Å². The number of benzene rings is 1. The summed E-state index contributed by atoms with van der Waals surface area (Å²) in [4.78, 5) is 4.68. The van der Waals surface area contributed by atoms with E-state index in [2.05, 4.69) is 36.2 Å². The topological polar surface area (TPSA) is 62.8 Å². The first-order chi connectivity index (χ1) is 10.1. The minimum absolute atomic E-state index is 0.318. The molecule has 1 aromatic heterocycles. The number of aromatic nitrogens is 1. The van der Waals surface area contributed by atoms with Crippen LogP contribution in [0.1, 0.15) is 46.0 Å². The molecule has 3 heteroatoms. The van der Waals surface area contributed by atoms with E-state index in [0.29, 0.717) is 18.2 Å². The van der Waals surface area contributed by atoms with E-state index in [0.717, 1.165) is 29.8 Å². The molecule has 0 saturated heterocycles. The van der Waals surface area contributed by atoms with Gasteiger partial charge in [0.25, 0.3) is 0 Å². The van der Waals surface area contributed by atoms with Crippen molar-refractivity contribution < 1.29 is 0 Å². The molecule has 2 aromatic rings. The van der Waals surface area contributed by atoms with Crippen LogP contribution >= 0.6 is 0 Å². The molecule has 1 heterocycles. The molecule has 21 heavy (non-hydrogen) atoms. The Bertz CT molecular complexity index is 704. The van der Waals surface area contributed by atoms with E-state index < -0.39 is 0 Å². The van der Waals surface area contributed by atoms with Crippen molar-refractivity contribution in [2.75, 3.05) is 0 Å². The fourth-order valence-corrected chi connectivity index (χ4v) is 3.47. The Morgan fingerprint density at radius 1 is 1.24 bits per heavy atom. The number of nitrogens with one attached hydrogen (secondary N) is 1. The molecule has 0 saturated carbocycles. The summed E-state index contributed by atoms with van der Waals surface area (Å²) in [6.07, 6.45) is 1.67. The molecule has 0 amide bonds. The van der Waals surface area contributed by atoms with Gasteiger partial charge in [0.2, 0.25) is 0 Å². The predicted octanol–water partition coefficient (Wildman–Crippen LogP) is 3.26. The minimum atomic E-state index is 0.318. The molecule has 1 aliphatic rings. The number of hydrogen-bond acceptors (Lipinski definition) is 3. The van der Waals surface area contributed by atoms with Gasteiger partial charge in [-0.2, -0.15) is 0 Å². The lowest BCUT2D eigenvalue weighted by Gasteiger charge is -2.28. The molecule has 3 nitrogen and oxygen atoms in total. The molecule has 3 rings (SSSR count). The van der Waals surface area contributed by atoms with E-state index in [4.69, 9.17) is 11.1 Å². The summed E-state index contributed by atoms with van der Waals surface area (Å²) in [6.45, 7) is 4.65. The average Bonchev–Trinajstić information content (AvgIpc) is 2.45. The van der Waals surface area contributed by atoms with Crippen LogP contribution in [0.2, 0.25) is 0 Å². The minimum Gasteiger partial charge on any atom is -0.326 e. The first-order valence-electron chi connectivity index (χ1n) is 7.43. The van der Waals surface area contributed by atoms with Crippen molar-refractivity contribution in [1.29, 1.82) is 5.41 Å². The Morgan fingerprint density at radius 3 is 2.76 bits per heavy atom. The zero-order chi connectivity index (χ0) is 15.0. The second-order valence-corrected chi connectivity index (χ2v) is 5.89. The van der Waals surface area contributed by atoms with Gasteiger partial charge in [0.05, 0.1) is 5.69 Å². The maximum Gasteiger partial charge on any atom is 0.0505 e. The zero-order valence-corrected chi connectivity index (χ0v) is 12.6. The highest BCUT2D eigenvalue weighted by Gasteiger charge is 2.27. The Labute approximate surface area is 125 Å². The second kappa shape index (κ2) is 5.41. The van der Waals surface area contributed by atoms with Crippen molar-refractivity contribution in [3.63, 3.8) is 0 Å². The summed E-state index contributed by atoms with van der Waals surface area (Å²) in [7, 11) is 0. The van der Waals surface area contributed by atoms with E-state index in [1.165, 1.54) is 16.7 Å². The summed E-state index contributed by atoms with van der Waals surface area (Å²) in [5.41, 5.74) is 13.4. The fourth-order valence-electron chi connectivity index (χ4n) is 3.47. The SMILES string of the molecule is Cc1cc(C)c2c(n1)CC(c1ccccc1CN)CC2=N. The van der Waals surface area contributed by atoms with Gasteiger partial charge in [-0.15, -0.1) is 0 Å². The highest BCUT2D eigenvalue weighted by Crippen LogP contribution is 2.34. The highest BCUT2D eigenvalue weighted by molar-refractivity contribution is 6.02. The summed E-state index contributed by atoms with van der Waals surface area (Å²) in [5, 5.41) is 8.42. The van der Waals surface area contributed by atoms with Gasteiger partial charge in [-0.1, -0.05) is 24.3 Å². The van der Waals surface area contributed by atoms with Crippen LogP contribution in [-0.2, 0) is 13.0 Å². The lowest BCUT2D eigenvalue weighted by Crippen LogP contribution is -2.23. The van der Waals surface area contributed by atoms with Crippen molar-refractivity contribution in [3.05, 3.63) is 64.0 Å². The first kappa shape index (κ1) is 14.0. The van der Waals surface area contributed by atoms with E-state index in [1.807, 2.05) is 13.0 Å². The van der Waals surface area contributed by atoms with Gasteiger partial charge in [-0.3, -0.25) is 4.98 Å². The Morgan fingerprint density at radius 2 is 2.00 bits per heavy atom. The molecule has 1 aromatic carbocycles. The molecular formula is C18H21N3. The average molecular weight is 279 g/mol. The van der Waals surface area contributed by atoms with Crippen molar-refractivity contribution in [2.45, 2.75) is 39.2 Å². The Kier molecular flexibility index (Phi) is 3.60. The van der Waals surface area contributed by atoms with Crippen molar-refractivity contribution in [1.82, 2.24) is 4.98 Å². The highest BCUT2D eigenvalue weighted by atomic mass is 14.7. The lowest BCUT2D eigenvalue weighted by atomic mass is 9.78. The van der Waals surface area contributed by atoms with Gasteiger partial charge >= 0.3 is 0 Å². The van der Waals surface area contributed by atoms with Gasteiger partial charge in [-0.05, 0) is 55.4 Å². The van der Waals surface area contributed by atoms with Gasteiger partial charge in [-0.25, -0.2) is 0 Å². The van der Waals surface area contributed by atoms with E-state index in [-0.39, 0.29) is 0 Å². The van der Waals surface area contributed by atoms with E-state index in [9.17, 15) is 0 Å². The molecule has 0 spiro atoms. The number of aryl methyl sites for hydroxylation is 2. The van der Waals surface area contributed by atoms with E-state index >= 15 is 0 Å². The van der Waals surface area contributed by atoms with Gasteiger partial charge in [0, 0.05) is 23.5 Å². The first-order valence-corrected chi connectivity index (χ1v) is 7.43. The molecule has 1 unspecified atom stereocenters. The molecule has 1 atom stereocenters. The summed E-state index contributed by atoms with van der Waals surface area (Å²) < 4.78 is 0. The normalized spacial score (nSPS) is 17.7. The van der Waals surface area contributed by atoms with Crippen LogP contribution < -0.4 is 5.73 Å². The molecule has 0 aliphatic heterocycles. The predicted molar refractivity (Wildman–Crippen MR) is 85.9 cm³/mol. The molecule has 0 bridgehead atoms. The van der Waals surface area contributed by atoms with Gasteiger partial charge in [0.1, 0.15) is 0 Å². The van der Waals surface area contributed by atoms with Crippen LogP contribution in [0.15, 0.2) is 30.3 Å². The van der Waals surface area contributed by atoms with Crippen LogP contribution in [0.4, 0.5) is 0 Å². The Hall–Kier alpha value is -2.00. The smallest absolute Gasteiger partial charge is 0.0505 e.